The zero-order valence-electron chi connectivity index (χ0n) is 10.9. The Kier molecular flexibility index (Phi) is 3.71. The molecule has 0 aliphatic rings. The van der Waals surface area contributed by atoms with Crippen molar-refractivity contribution >= 4 is 17.3 Å². The molecule has 19 heavy (non-hydrogen) atoms. The number of rotatable bonds is 3. The zero-order valence-corrected chi connectivity index (χ0v) is 10.9. The monoisotopic (exact) mass is 256 g/mol. The minimum absolute atomic E-state index is 0.200. The maximum absolute atomic E-state index is 12.2. The summed E-state index contributed by atoms with van der Waals surface area (Å²) in [7, 11) is 1.57. The van der Waals surface area contributed by atoms with Crippen LogP contribution in [0.5, 0.6) is 5.75 Å². The number of hydrogen-bond donors (Lipinski definition) is 2. The molecule has 0 atom stereocenters. The van der Waals surface area contributed by atoms with E-state index in [9.17, 15) is 4.79 Å². The SMILES string of the molecule is COc1ccccc1NC(=O)c1cccc(N)c1C. The number of amides is 1. The maximum atomic E-state index is 12.2. The number of ether oxygens (including phenoxy) is 1. The van der Waals surface area contributed by atoms with Gasteiger partial charge in [0.25, 0.3) is 5.91 Å². The first-order chi connectivity index (χ1) is 9.13. The van der Waals surface area contributed by atoms with Crippen LogP contribution in [-0.2, 0) is 0 Å². The highest BCUT2D eigenvalue weighted by atomic mass is 16.5. The molecule has 0 saturated heterocycles. The van der Waals surface area contributed by atoms with E-state index in [0.717, 1.165) is 5.56 Å². The fourth-order valence-electron chi connectivity index (χ4n) is 1.84. The molecule has 0 heterocycles. The fraction of sp³-hybridized carbons (Fsp3) is 0.133. The van der Waals surface area contributed by atoms with Gasteiger partial charge in [-0.2, -0.15) is 0 Å². The second kappa shape index (κ2) is 5.44. The van der Waals surface area contributed by atoms with E-state index in [-0.39, 0.29) is 5.91 Å². The second-order valence-electron chi connectivity index (χ2n) is 4.17. The minimum atomic E-state index is -0.200. The molecule has 0 spiro atoms. The fourth-order valence-corrected chi connectivity index (χ4v) is 1.84. The van der Waals surface area contributed by atoms with E-state index in [1.54, 1.807) is 37.4 Å². The molecule has 1 amide bonds. The number of hydrogen-bond acceptors (Lipinski definition) is 3. The third-order valence-electron chi connectivity index (χ3n) is 2.98. The Balaban J connectivity index is 2.28. The van der Waals surface area contributed by atoms with Gasteiger partial charge >= 0.3 is 0 Å². The largest absolute Gasteiger partial charge is 0.495 e. The molecule has 2 aromatic carbocycles. The van der Waals surface area contributed by atoms with Gasteiger partial charge in [-0.05, 0) is 36.8 Å². The van der Waals surface area contributed by atoms with Crippen molar-refractivity contribution in [2.45, 2.75) is 6.92 Å². The van der Waals surface area contributed by atoms with Crippen LogP contribution in [0.25, 0.3) is 0 Å². The normalized spacial score (nSPS) is 10.0. The van der Waals surface area contributed by atoms with E-state index in [1.807, 2.05) is 19.1 Å². The van der Waals surface area contributed by atoms with Crippen LogP contribution in [0.3, 0.4) is 0 Å². The van der Waals surface area contributed by atoms with Crippen LogP contribution in [0.2, 0.25) is 0 Å². The number of nitrogens with one attached hydrogen (secondary N) is 1. The Hall–Kier alpha value is -2.49. The molecule has 0 bridgehead atoms. The quantitative estimate of drug-likeness (QED) is 0.830. The molecule has 0 unspecified atom stereocenters. The molecular weight excluding hydrogens is 240 g/mol. The molecule has 0 aliphatic carbocycles. The number of para-hydroxylation sites is 2. The van der Waals surface area contributed by atoms with Crippen LogP contribution < -0.4 is 15.8 Å². The van der Waals surface area contributed by atoms with Gasteiger partial charge in [-0.15, -0.1) is 0 Å². The summed E-state index contributed by atoms with van der Waals surface area (Å²) in [5, 5.41) is 2.83. The van der Waals surface area contributed by atoms with Gasteiger partial charge in [0.15, 0.2) is 0 Å². The van der Waals surface area contributed by atoms with Crippen LogP contribution in [0.1, 0.15) is 15.9 Å². The Morgan fingerprint density at radius 1 is 1.16 bits per heavy atom. The predicted octanol–water partition coefficient (Wildman–Crippen LogP) is 2.84. The van der Waals surface area contributed by atoms with Gasteiger partial charge < -0.3 is 15.8 Å². The number of anilines is 2. The highest BCUT2D eigenvalue weighted by Crippen LogP contribution is 2.24. The summed E-state index contributed by atoms with van der Waals surface area (Å²) in [5.74, 6) is 0.423. The van der Waals surface area contributed by atoms with E-state index in [0.29, 0.717) is 22.7 Å². The Morgan fingerprint density at radius 3 is 2.63 bits per heavy atom. The lowest BCUT2D eigenvalue weighted by Gasteiger charge is -2.11. The summed E-state index contributed by atoms with van der Waals surface area (Å²) < 4.78 is 5.20. The van der Waals surface area contributed by atoms with E-state index >= 15 is 0 Å². The van der Waals surface area contributed by atoms with Crippen molar-refractivity contribution in [3.63, 3.8) is 0 Å². The van der Waals surface area contributed by atoms with Crippen molar-refractivity contribution in [1.82, 2.24) is 0 Å². The van der Waals surface area contributed by atoms with Crippen LogP contribution >= 0.6 is 0 Å². The molecule has 98 valence electrons. The summed E-state index contributed by atoms with van der Waals surface area (Å²) in [5.41, 5.74) is 8.38. The van der Waals surface area contributed by atoms with Crippen molar-refractivity contribution in [2.75, 3.05) is 18.2 Å². The average Bonchev–Trinajstić information content (AvgIpc) is 2.42. The first kappa shape index (κ1) is 13.0. The molecule has 3 N–H and O–H groups in total. The van der Waals surface area contributed by atoms with Crippen molar-refractivity contribution < 1.29 is 9.53 Å². The summed E-state index contributed by atoms with van der Waals surface area (Å²) in [6.07, 6.45) is 0. The maximum Gasteiger partial charge on any atom is 0.256 e. The number of nitrogen functional groups attached to an aromatic ring is 1. The lowest BCUT2D eigenvalue weighted by Crippen LogP contribution is -2.14. The number of benzene rings is 2. The lowest BCUT2D eigenvalue weighted by atomic mass is 10.1. The molecular formula is C15H16N2O2. The van der Waals surface area contributed by atoms with Gasteiger partial charge in [0, 0.05) is 11.3 Å². The molecule has 4 heteroatoms. The van der Waals surface area contributed by atoms with Crippen molar-refractivity contribution in [2.24, 2.45) is 0 Å². The van der Waals surface area contributed by atoms with Gasteiger partial charge in [0.2, 0.25) is 0 Å². The van der Waals surface area contributed by atoms with Gasteiger partial charge in [-0.1, -0.05) is 18.2 Å². The molecule has 4 nitrogen and oxygen atoms in total. The van der Waals surface area contributed by atoms with Gasteiger partial charge in [-0.25, -0.2) is 0 Å². The van der Waals surface area contributed by atoms with Gasteiger partial charge in [0.1, 0.15) is 5.75 Å². The third kappa shape index (κ3) is 2.68. The molecule has 0 aliphatic heterocycles. The topological polar surface area (TPSA) is 64.3 Å². The lowest BCUT2D eigenvalue weighted by molar-refractivity contribution is 0.102. The van der Waals surface area contributed by atoms with Crippen molar-refractivity contribution in [3.05, 3.63) is 53.6 Å². The number of methoxy groups -OCH3 is 1. The second-order valence-corrected chi connectivity index (χ2v) is 4.17. The molecule has 0 radical (unpaired) electrons. The van der Waals surface area contributed by atoms with E-state index in [2.05, 4.69) is 5.32 Å². The number of carbonyl (C=O) groups excluding carboxylic acids is 1. The molecule has 2 rings (SSSR count). The van der Waals surface area contributed by atoms with Crippen LogP contribution in [-0.4, -0.2) is 13.0 Å². The zero-order chi connectivity index (χ0) is 13.8. The molecule has 2 aromatic rings. The number of carbonyl (C=O) groups is 1. The standard InChI is InChI=1S/C15H16N2O2/c1-10-11(6-5-7-12(10)16)15(18)17-13-8-3-4-9-14(13)19-2/h3-9H,16H2,1-2H3,(H,17,18). The first-order valence-corrected chi connectivity index (χ1v) is 5.93. The summed E-state index contributed by atoms with van der Waals surface area (Å²) >= 11 is 0. The van der Waals surface area contributed by atoms with Crippen molar-refractivity contribution in [1.29, 1.82) is 0 Å². The van der Waals surface area contributed by atoms with E-state index < -0.39 is 0 Å². The Labute approximate surface area is 112 Å². The smallest absolute Gasteiger partial charge is 0.256 e. The highest BCUT2D eigenvalue weighted by molar-refractivity contribution is 6.06. The third-order valence-corrected chi connectivity index (χ3v) is 2.98. The molecule has 0 aromatic heterocycles. The molecule has 0 saturated carbocycles. The van der Waals surface area contributed by atoms with Gasteiger partial charge in [0.05, 0.1) is 12.8 Å². The van der Waals surface area contributed by atoms with Crippen LogP contribution in [0.4, 0.5) is 11.4 Å². The van der Waals surface area contributed by atoms with Crippen LogP contribution in [0.15, 0.2) is 42.5 Å². The summed E-state index contributed by atoms with van der Waals surface area (Å²) in [6.45, 7) is 1.83. The summed E-state index contributed by atoms with van der Waals surface area (Å²) in [4.78, 5) is 12.2. The van der Waals surface area contributed by atoms with E-state index in [4.69, 9.17) is 10.5 Å². The van der Waals surface area contributed by atoms with E-state index in [1.165, 1.54) is 0 Å². The Bertz CT molecular complexity index is 609. The van der Waals surface area contributed by atoms with Crippen LogP contribution in [0, 0.1) is 6.92 Å². The number of nitrogens with two attached hydrogens (primary N) is 1. The molecule has 0 fully saturated rings. The first-order valence-electron chi connectivity index (χ1n) is 5.93. The highest BCUT2D eigenvalue weighted by Gasteiger charge is 2.12. The summed E-state index contributed by atoms with van der Waals surface area (Å²) in [6, 6.07) is 12.6. The Morgan fingerprint density at radius 2 is 1.89 bits per heavy atom. The predicted molar refractivity (Wildman–Crippen MR) is 76.5 cm³/mol. The van der Waals surface area contributed by atoms with Gasteiger partial charge in [-0.3, -0.25) is 4.79 Å². The average molecular weight is 256 g/mol. The van der Waals surface area contributed by atoms with Crippen molar-refractivity contribution in [3.8, 4) is 5.75 Å². The minimum Gasteiger partial charge on any atom is -0.495 e.